The van der Waals surface area contributed by atoms with Crippen molar-refractivity contribution in [3.8, 4) is 11.5 Å². The van der Waals surface area contributed by atoms with Gasteiger partial charge in [0, 0.05) is 13.1 Å². The molecule has 2 aliphatic heterocycles. The first-order chi connectivity index (χ1) is 15.4. The van der Waals surface area contributed by atoms with Crippen LogP contribution in [0, 0.1) is 0 Å². The van der Waals surface area contributed by atoms with Crippen LogP contribution in [0.2, 0.25) is 0 Å². The lowest BCUT2D eigenvalue weighted by molar-refractivity contribution is -0.139. The molecule has 3 rings (SSSR count). The zero-order valence-electron chi connectivity index (χ0n) is 18.0. The van der Waals surface area contributed by atoms with E-state index in [9.17, 15) is 31.2 Å². The molecule has 0 unspecified atom stereocenters. The van der Waals surface area contributed by atoms with Crippen LogP contribution in [-0.4, -0.2) is 67.9 Å². The third-order valence-electron chi connectivity index (χ3n) is 5.62. The molecule has 0 radical (unpaired) electrons. The Balaban J connectivity index is 1.49. The van der Waals surface area contributed by atoms with Gasteiger partial charge in [-0.25, -0.2) is 17.5 Å². The molecule has 1 aromatic carbocycles. The summed E-state index contributed by atoms with van der Waals surface area (Å²) in [5.41, 5.74) is -1.48. The lowest BCUT2D eigenvalue weighted by atomic mass is 10.00. The van der Waals surface area contributed by atoms with Gasteiger partial charge in [-0.05, 0) is 43.5 Å². The van der Waals surface area contributed by atoms with Gasteiger partial charge in [-0.2, -0.15) is 13.2 Å². The van der Waals surface area contributed by atoms with E-state index in [0.29, 0.717) is 24.3 Å². The second-order valence-corrected chi connectivity index (χ2v) is 9.97. The topological polar surface area (TPSA) is 114 Å². The molecule has 0 aliphatic carbocycles. The number of sulfonamides is 1. The predicted octanol–water partition coefficient (Wildman–Crippen LogP) is 2.18. The number of alkyl halides is 3. The number of imide groups is 1. The number of carbonyl (C=O) groups is 2. The molecule has 1 aromatic rings. The Kier molecular flexibility index (Phi) is 7.42. The molecule has 0 bridgehead atoms. The van der Waals surface area contributed by atoms with Crippen molar-refractivity contribution in [1.82, 2.24) is 14.9 Å². The molecule has 33 heavy (non-hydrogen) atoms. The van der Waals surface area contributed by atoms with Gasteiger partial charge in [-0.3, -0.25) is 10.1 Å². The number of ether oxygens (including phenoxy) is 2. The average Bonchev–Trinajstić information content (AvgIpc) is 3.01. The molecule has 184 valence electrons. The molecule has 2 N–H and O–H groups in total. The summed E-state index contributed by atoms with van der Waals surface area (Å²) in [6.45, 7) is 1.55. The minimum Gasteiger partial charge on any atom is -0.493 e. The number of hydrogen-bond acceptors (Lipinski definition) is 6. The summed E-state index contributed by atoms with van der Waals surface area (Å²) >= 11 is 0. The van der Waals surface area contributed by atoms with E-state index in [1.807, 2.05) is 0 Å². The molecule has 0 aromatic heterocycles. The monoisotopic (exact) mass is 493 g/mol. The van der Waals surface area contributed by atoms with Crippen LogP contribution in [0.5, 0.6) is 11.5 Å². The Morgan fingerprint density at radius 1 is 1.12 bits per heavy atom. The highest BCUT2D eigenvalue weighted by Crippen LogP contribution is 2.26. The molecular formula is C20H26F3N3O6S. The fraction of sp³-hybridized carbons (Fsp3) is 0.600. The first-order valence-corrected chi connectivity index (χ1v) is 12.1. The number of benzene rings is 1. The van der Waals surface area contributed by atoms with E-state index in [-0.39, 0.29) is 25.6 Å². The Morgan fingerprint density at radius 3 is 2.24 bits per heavy atom. The van der Waals surface area contributed by atoms with Gasteiger partial charge in [0.1, 0.15) is 23.1 Å². The highest BCUT2D eigenvalue weighted by atomic mass is 32.2. The van der Waals surface area contributed by atoms with E-state index in [4.69, 9.17) is 9.47 Å². The van der Waals surface area contributed by atoms with Crippen molar-refractivity contribution in [3.63, 3.8) is 0 Å². The summed E-state index contributed by atoms with van der Waals surface area (Å²) in [5.74, 6) is -0.382. The Morgan fingerprint density at radius 2 is 1.73 bits per heavy atom. The lowest BCUT2D eigenvalue weighted by Crippen LogP contribution is -2.55. The van der Waals surface area contributed by atoms with Gasteiger partial charge in [0.15, 0.2) is 0 Å². The predicted molar refractivity (Wildman–Crippen MR) is 111 cm³/mol. The van der Waals surface area contributed by atoms with E-state index in [1.54, 1.807) is 19.1 Å². The zero-order valence-corrected chi connectivity index (χ0v) is 18.8. The van der Waals surface area contributed by atoms with Crippen molar-refractivity contribution in [1.29, 1.82) is 0 Å². The molecule has 9 nitrogen and oxygen atoms in total. The SMILES string of the molecule is CC[C@]1(CS(=O)(=O)N2CCC(Oc3ccc(OCCC(F)(F)F)cc3)CC2)NC(=O)NC1=O. The molecule has 0 spiro atoms. The van der Waals surface area contributed by atoms with E-state index >= 15 is 0 Å². The van der Waals surface area contributed by atoms with Crippen molar-refractivity contribution >= 4 is 22.0 Å². The van der Waals surface area contributed by atoms with Crippen LogP contribution in [0.15, 0.2) is 24.3 Å². The van der Waals surface area contributed by atoms with Gasteiger partial charge < -0.3 is 14.8 Å². The molecule has 2 saturated heterocycles. The van der Waals surface area contributed by atoms with Crippen LogP contribution in [0.3, 0.4) is 0 Å². The Labute approximate surface area is 189 Å². The highest BCUT2D eigenvalue weighted by Gasteiger charge is 2.49. The number of halogens is 3. The maximum Gasteiger partial charge on any atom is 0.392 e. The largest absolute Gasteiger partial charge is 0.493 e. The van der Waals surface area contributed by atoms with Crippen molar-refractivity contribution in [2.75, 3.05) is 25.4 Å². The summed E-state index contributed by atoms with van der Waals surface area (Å²) in [6.07, 6.45) is -4.59. The molecule has 13 heteroatoms. The van der Waals surface area contributed by atoms with Crippen molar-refractivity contribution in [2.45, 2.75) is 50.4 Å². The molecule has 3 amide bonds. The quantitative estimate of drug-likeness (QED) is 0.510. The van der Waals surface area contributed by atoms with Crippen LogP contribution >= 0.6 is 0 Å². The molecular weight excluding hydrogens is 467 g/mol. The number of carbonyl (C=O) groups excluding carboxylic acids is 2. The van der Waals surface area contributed by atoms with Crippen LogP contribution in [0.25, 0.3) is 0 Å². The second kappa shape index (κ2) is 9.75. The second-order valence-electron chi connectivity index (χ2n) is 8.00. The number of nitrogens with one attached hydrogen (secondary N) is 2. The van der Waals surface area contributed by atoms with E-state index in [2.05, 4.69) is 10.6 Å². The van der Waals surface area contributed by atoms with Crippen molar-refractivity contribution < 1.29 is 40.7 Å². The highest BCUT2D eigenvalue weighted by molar-refractivity contribution is 7.89. The van der Waals surface area contributed by atoms with Gasteiger partial charge in [-0.15, -0.1) is 0 Å². The number of piperidine rings is 1. The summed E-state index contributed by atoms with van der Waals surface area (Å²) in [7, 11) is -3.81. The molecule has 2 aliphatic rings. The van der Waals surface area contributed by atoms with E-state index in [0.717, 1.165) is 0 Å². The normalized spacial score (nSPS) is 22.7. The third kappa shape index (κ3) is 6.50. The van der Waals surface area contributed by atoms with Crippen LogP contribution in [0.1, 0.15) is 32.6 Å². The van der Waals surface area contributed by atoms with Crippen molar-refractivity contribution in [3.05, 3.63) is 24.3 Å². The van der Waals surface area contributed by atoms with Crippen molar-refractivity contribution in [2.24, 2.45) is 0 Å². The summed E-state index contributed by atoms with van der Waals surface area (Å²) in [6, 6.07) is 5.48. The lowest BCUT2D eigenvalue weighted by Gasteiger charge is -2.34. The summed E-state index contributed by atoms with van der Waals surface area (Å²) in [5, 5.41) is 4.52. The summed E-state index contributed by atoms with van der Waals surface area (Å²) in [4.78, 5) is 23.6. The minimum atomic E-state index is -4.28. The van der Waals surface area contributed by atoms with E-state index < -0.39 is 52.5 Å². The molecule has 0 saturated carbocycles. The molecule has 1 atom stereocenters. The van der Waals surface area contributed by atoms with Gasteiger partial charge in [0.05, 0.1) is 18.8 Å². The first-order valence-electron chi connectivity index (χ1n) is 10.5. The Hall–Kier alpha value is -2.54. The number of hydrogen-bond donors (Lipinski definition) is 2. The Bertz CT molecular complexity index is 962. The van der Waals surface area contributed by atoms with Gasteiger partial charge in [0.25, 0.3) is 5.91 Å². The maximum absolute atomic E-state index is 12.9. The van der Waals surface area contributed by atoms with Gasteiger partial charge in [-0.1, -0.05) is 6.92 Å². The number of urea groups is 1. The molecule has 2 fully saturated rings. The van der Waals surface area contributed by atoms with Gasteiger partial charge >= 0.3 is 12.2 Å². The smallest absolute Gasteiger partial charge is 0.392 e. The minimum absolute atomic E-state index is 0.138. The van der Waals surface area contributed by atoms with Crippen LogP contribution in [-0.2, 0) is 14.8 Å². The average molecular weight is 494 g/mol. The summed E-state index contributed by atoms with van der Waals surface area (Å²) < 4.78 is 74.5. The number of amides is 3. The van der Waals surface area contributed by atoms with Crippen LogP contribution < -0.4 is 20.1 Å². The zero-order chi connectivity index (χ0) is 24.3. The first kappa shape index (κ1) is 25.1. The number of nitrogens with zero attached hydrogens (tertiary/aromatic N) is 1. The fourth-order valence-electron chi connectivity index (χ4n) is 3.70. The van der Waals surface area contributed by atoms with Gasteiger partial charge in [0.2, 0.25) is 10.0 Å². The molecule has 2 heterocycles. The standard InChI is InChI=1S/C20H26F3N3O6S/c1-2-19(17(27)24-18(28)25-19)13-33(29,30)26-10-7-16(8-11-26)32-15-5-3-14(4-6-15)31-12-9-20(21,22)23/h3-6,16H,2,7-13H2,1H3,(H2,24,25,27,28)/t19-/m1/s1. The fourth-order valence-corrected chi connectivity index (χ4v) is 5.68. The maximum atomic E-state index is 12.9. The number of rotatable bonds is 9. The van der Waals surface area contributed by atoms with Crippen LogP contribution in [0.4, 0.5) is 18.0 Å². The van der Waals surface area contributed by atoms with E-state index in [1.165, 1.54) is 16.4 Å². The third-order valence-corrected chi connectivity index (χ3v) is 7.63.